The fourth-order valence-corrected chi connectivity index (χ4v) is 6.14. The number of nitrogens with one attached hydrogen (secondary N) is 3. The topological polar surface area (TPSA) is 168 Å². The first-order valence-corrected chi connectivity index (χ1v) is 17.7. The number of hydrogen-bond donors (Lipinski definition) is 4. The zero-order valence-electron chi connectivity index (χ0n) is 28.5. The van der Waals surface area contributed by atoms with E-state index in [1.807, 2.05) is 4.57 Å². The quantitative estimate of drug-likeness (QED) is 0.0729. The molecule has 260 valence electrons. The molecule has 2 aliphatic rings. The molecule has 2 aliphatic heterocycles. The Labute approximate surface area is 290 Å². The van der Waals surface area contributed by atoms with Crippen molar-refractivity contribution in [2.45, 2.75) is 85.1 Å². The van der Waals surface area contributed by atoms with Crippen molar-refractivity contribution in [1.82, 2.24) is 39.0 Å². The van der Waals surface area contributed by atoms with E-state index in [-0.39, 0.29) is 12.5 Å². The Morgan fingerprint density at radius 1 is 0.792 bits per heavy atom. The van der Waals surface area contributed by atoms with Crippen LogP contribution in [0.2, 0.25) is 0 Å². The standard InChI is InChI=1S/C18H29N7O.C15H20BrN5O/c1-13(2)7-10-20-16-15-17(23-12-22-16)25(14-6-3-4-11-26-14)18(24-15)21-9-5-8-19;1-10(2)6-7-17-13-12-14(19-9-18-13)21(15(16)20-12)11-5-3-4-8-22-11/h7,12,14H,3-6,8-11,19H2,1-2H3,(H,21,24)(H,20,22,23);6,9,11H,3-5,7-8H2,1-2H3,(H,17,18,19). The lowest BCUT2D eigenvalue weighted by molar-refractivity contribution is -0.0311. The van der Waals surface area contributed by atoms with Gasteiger partial charge in [0.2, 0.25) is 5.95 Å². The third-order valence-corrected chi connectivity index (χ3v) is 8.58. The molecule has 15 heteroatoms. The van der Waals surface area contributed by atoms with Crippen molar-refractivity contribution >= 4 is 55.8 Å². The summed E-state index contributed by atoms with van der Waals surface area (Å²) in [6.07, 6.45) is 14.7. The van der Waals surface area contributed by atoms with E-state index in [2.05, 4.69) is 101 Å². The predicted octanol–water partition coefficient (Wildman–Crippen LogP) is 6.33. The first kappa shape index (κ1) is 35.6. The fraction of sp³-hybridized carbons (Fsp3) is 0.576. The lowest BCUT2D eigenvalue weighted by Gasteiger charge is -2.25. The van der Waals surface area contributed by atoms with E-state index < -0.39 is 0 Å². The second-order valence-corrected chi connectivity index (χ2v) is 13.1. The maximum Gasteiger partial charge on any atom is 0.207 e. The van der Waals surface area contributed by atoms with Crippen LogP contribution in [0.3, 0.4) is 0 Å². The Balaban J connectivity index is 0.000000190. The van der Waals surface area contributed by atoms with Crippen LogP contribution in [0.1, 0.15) is 85.1 Å². The highest BCUT2D eigenvalue weighted by Gasteiger charge is 2.25. The molecule has 6 heterocycles. The molecule has 2 fully saturated rings. The Morgan fingerprint density at radius 2 is 1.33 bits per heavy atom. The van der Waals surface area contributed by atoms with Gasteiger partial charge in [-0.3, -0.25) is 9.13 Å². The average Bonchev–Trinajstić information content (AvgIpc) is 3.63. The molecule has 4 aromatic heterocycles. The van der Waals surface area contributed by atoms with Crippen LogP contribution in [0.15, 0.2) is 40.7 Å². The van der Waals surface area contributed by atoms with Crippen LogP contribution in [-0.4, -0.2) is 78.4 Å². The van der Waals surface area contributed by atoms with Gasteiger partial charge in [-0.15, -0.1) is 0 Å². The van der Waals surface area contributed by atoms with Crippen molar-refractivity contribution in [3.8, 4) is 0 Å². The van der Waals surface area contributed by atoms with Gasteiger partial charge in [0.05, 0.1) is 0 Å². The Bertz CT molecular complexity index is 1680. The van der Waals surface area contributed by atoms with E-state index in [0.717, 1.165) is 116 Å². The number of halogens is 1. The molecule has 14 nitrogen and oxygen atoms in total. The molecule has 6 rings (SSSR count). The van der Waals surface area contributed by atoms with Gasteiger partial charge in [-0.25, -0.2) is 29.9 Å². The van der Waals surface area contributed by atoms with E-state index in [9.17, 15) is 0 Å². The maximum absolute atomic E-state index is 6.00. The summed E-state index contributed by atoms with van der Waals surface area (Å²) < 4.78 is 16.7. The minimum absolute atomic E-state index is 0.00587. The lowest BCUT2D eigenvalue weighted by Crippen LogP contribution is -2.21. The molecule has 0 aromatic carbocycles. The number of imidazole rings is 2. The third-order valence-electron chi connectivity index (χ3n) is 8.02. The molecular weight excluding hydrogens is 676 g/mol. The van der Waals surface area contributed by atoms with E-state index in [0.29, 0.717) is 13.1 Å². The van der Waals surface area contributed by atoms with Gasteiger partial charge in [0.1, 0.15) is 25.1 Å². The van der Waals surface area contributed by atoms with Gasteiger partial charge in [0.15, 0.2) is 38.7 Å². The van der Waals surface area contributed by atoms with Gasteiger partial charge in [-0.05, 0) is 95.1 Å². The van der Waals surface area contributed by atoms with Crippen molar-refractivity contribution < 1.29 is 9.47 Å². The second kappa shape index (κ2) is 17.7. The van der Waals surface area contributed by atoms with Crippen LogP contribution < -0.4 is 21.7 Å². The molecule has 4 aromatic rings. The Morgan fingerprint density at radius 3 is 1.85 bits per heavy atom. The lowest BCUT2D eigenvalue weighted by atomic mass is 10.2. The van der Waals surface area contributed by atoms with Gasteiger partial charge >= 0.3 is 0 Å². The van der Waals surface area contributed by atoms with Crippen LogP contribution in [0.25, 0.3) is 22.3 Å². The number of fused-ring (bicyclic) bond motifs is 2. The van der Waals surface area contributed by atoms with Crippen molar-refractivity contribution in [2.24, 2.45) is 5.73 Å². The van der Waals surface area contributed by atoms with Crippen molar-refractivity contribution in [1.29, 1.82) is 0 Å². The van der Waals surface area contributed by atoms with Gasteiger partial charge in [0, 0.05) is 32.8 Å². The fourth-order valence-electron chi connectivity index (χ4n) is 5.56. The summed E-state index contributed by atoms with van der Waals surface area (Å²) >= 11 is 3.54. The average molecular weight is 726 g/mol. The SMILES string of the molecule is CC(C)=CCNc1ncnc2c1nc(Br)n2C1CCCCO1.CC(C)=CCNc1ncnc2c1nc(NCCCN)n2C1CCCCO1. The molecule has 5 N–H and O–H groups in total. The summed E-state index contributed by atoms with van der Waals surface area (Å²) in [5, 5.41) is 10.0. The first-order valence-electron chi connectivity index (χ1n) is 16.9. The minimum atomic E-state index is -0.0466. The molecule has 2 saturated heterocycles. The summed E-state index contributed by atoms with van der Waals surface area (Å²) in [5.41, 5.74) is 11.3. The number of rotatable bonds is 12. The van der Waals surface area contributed by atoms with Crippen molar-refractivity contribution in [3.05, 3.63) is 40.7 Å². The number of nitrogens with zero attached hydrogens (tertiary/aromatic N) is 8. The highest BCUT2D eigenvalue weighted by atomic mass is 79.9. The molecule has 0 bridgehead atoms. The smallest absolute Gasteiger partial charge is 0.207 e. The molecule has 2 unspecified atom stereocenters. The van der Waals surface area contributed by atoms with Crippen molar-refractivity contribution in [2.75, 3.05) is 55.3 Å². The summed E-state index contributed by atoms with van der Waals surface area (Å²) in [6, 6.07) is 0. The minimum Gasteiger partial charge on any atom is -0.365 e. The number of hydrogen-bond acceptors (Lipinski definition) is 12. The number of anilines is 3. The Hall–Kier alpha value is -3.66. The summed E-state index contributed by atoms with van der Waals surface area (Å²) in [6.45, 7) is 12.7. The highest BCUT2D eigenvalue weighted by molar-refractivity contribution is 9.10. The van der Waals surface area contributed by atoms with Gasteiger partial charge in [-0.1, -0.05) is 23.3 Å². The monoisotopic (exact) mass is 724 g/mol. The van der Waals surface area contributed by atoms with E-state index >= 15 is 0 Å². The summed E-state index contributed by atoms with van der Waals surface area (Å²) in [7, 11) is 0. The number of allylic oxidation sites excluding steroid dienone is 2. The zero-order valence-corrected chi connectivity index (χ0v) is 30.1. The number of nitrogens with two attached hydrogens (primary N) is 1. The van der Waals surface area contributed by atoms with Crippen LogP contribution in [-0.2, 0) is 9.47 Å². The Kier molecular flexibility index (Phi) is 13.1. The maximum atomic E-state index is 6.00. The molecule has 0 aliphatic carbocycles. The molecule has 0 spiro atoms. The molecule has 0 amide bonds. The number of aromatic nitrogens is 8. The molecule has 0 radical (unpaired) electrons. The molecule has 48 heavy (non-hydrogen) atoms. The van der Waals surface area contributed by atoms with Crippen LogP contribution in [0, 0.1) is 0 Å². The third kappa shape index (κ3) is 9.07. The van der Waals surface area contributed by atoms with Gasteiger partial charge in [0.25, 0.3) is 0 Å². The molecular formula is C33H49BrN12O2. The normalized spacial score (nSPS) is 17.8. The first-order chi connectivity index (χ1) is 23.4. The van der Waals surface area contributed by atoms with Crippen LogP contribution in [0.5, 0.6) is 0 Å². The highest BCUT2D eigenvalue weighted by Crippen LogP contribution is 2.33. The van der Waals surface area contributed by atoms with Crippen LogP contribution >= 0.6 is 15.9 Å². The zero-order chi connectivity index (χ0) is 33.9. The number of ether oxygens (including phenoxy) is 2. The summed E-state index contributed by atoms with van der Waals surface area (Å²) in [4.78, 5) is 27.0. The summed E-state index contributed by atoms with van der Waals surface area (Å²) in [5.74, 6) is 2.26. The molecule has 0 saturated carbocycles. The van der Waals surface area contributed by atoms with Gasteiger partial charge in [-0.2, -0.15) is 0 Å². The van der Waals surface area contributed by atoms with E-state index in [1.165, 1.54) is 11.1 Å². The second-order valence-electron chi connectivity index (χ2n) is 12.4. The predicted molar refractivity (Wildman–Crippen MR) is 194 cm³/mol. The van der Waals surface area contributed by atoms with Crippen LogP contribution in [0.4, 0.5) is 17.6 Å². The van der Waals surface area contributed by atoms with Crippen molar-refractivity contribution in [3.63, 3.8) is 0 Å². The molecule has 2 atom stereocenters. The van der Waals surface area contributed by atoms with E-state index in [1.54, 1.807) is 12.7 Å². The van der Waals surface area contributed by atoms with E-state index in [4.69, 9.17) is 20.2 Å². The largest absolute Gasteiger partial charge is 0.365 e. The van der Waals surface area contributed by atoms with Gasteiger partial charge < -0.3 is 31.2 Å².